The second kappa shape index (κ2) is 10.2. The van der Waals surface area contributed by atoms with Crippen molar-refractivity contribution >= 4 is 33.3 Å². The maximum atomic E-state index is 12.9. The first-order valence-corrected chi connectivity index (χ1v) is 11.6. The van der Waals surface area contributed by atoms with Gasteiger partial charge in [0.2, 0.25) is 0 Å². The predicted molar refractivity (Wildman–Crippen MR) is 125 cm³/mol. The third kappa shape index (κ3) is 5.69. The lowest BCUT2D eigenvalue weighted by atomic mass is 10.1. The van der Waals surface area contributed by atoms with Gasteiger partial charge in [-0.1, -0.05) is 18.2 Å². The minimum absolute atomic E-state index is 0.0714. The van der Waals surface area contributed by atoms with Gasteiger partial charge in [0, 0.05) is 11.3 Å². The minimum Gasteiger partial charge on any atom is -0.495 e. The highest BCUT2D eigenvalue weighted by atomic mass is 32.2. The van der Waals surface area contributed by atoms with E-state index in [0.29, 0.717) is 16.9 Å². The van der Waals surface area contributed by atoms with Crippen LogP contribution in [0.2, 0.25) is 0 Å². The molecule has 0 saturated carbocycles. The van der Waals surface area contributed by atoms with Gasteiger partial charge in [0.05, 0.1) is 29.9 Å². The molecule has 3 aromatic rings. The smallest absolute Gasteiger partial charge is 0.338 e. The number of aryl methyl sites for hydroxylation is 1. The highest BCUT2D eigenvalue weighted by molar-refractivity contribution is 7.92. The normalized spacial score (nSPS) is 10.9. The van der Waals surface area contributed by atoms with Crippen LogP contribution in [0.4, 0.5) is 11.4 Å². The van der Waals surface area contributed by atoms with Crippen molar-refractivity contribution in [3.05, 3.63) is 83.4 Å². The van der Waals surface area contributed by atoms with E-state index >= 15 is 0 Å². The molecule has 3 rings (SSSR count). The summed E-state index contributed by atoms with van der Waals surface area (Å²) in [6.07, 6.45) is 0. The molecule has 9 heteroatoms. The van der Waals surface area contributed by atoms with Gasteiger partial charge in [-0.05, 0) is 67.9 Å². The number of carbonyl (C=O) groups excluding carboxylic acids is 2. The van der Waals surface area contributed by atoms with Crippen molar-refractivity contribution in [1.82, 2.24) is 0 Å². The Kier molecular flexibility index (Phi) is 7.34. The van der Waals surface area contributed by atoms with Crippen LogP contribution < -0.4 is 14.8 Å². The molecule has 0 bridgehead atoms. The second-order valence-electron chi connectivity index (χ2n) is 7.03. The van der Waals surface area contributed by atoms with Gasteiger partial charge in [0.15, 0.2) is 0 Å². The fraction of sp³-hybridized carbons (Fsp3) is 0.167. The van der Waals surface area contributed by atoms with E-state index in [0.717, 1.165) is 5.56 Å². The summed E-state index contributed by atoms with van der Waals surface area (Å²) in [5.74, 6) is -0.561. The number of hydrogen-bond donors (Lipinski definition) is 2. The Labute approximate surface area is 192 Å². The molecule has 0 unspecified atom stereocenters. The average Bonchev–Trinajstić information content (AvgIpc) is 2.79. The van der Waals surface area contributed by atoms with E-state index in [1.165, 1.54) is 49.6 Å². The van der Waals surface area contributed by atoms with Gasteiger partial charge in [-0.15, -0.1) is 0 Å². The number of hydrogen-bond acceptors (Lipinski definition) is 6. The number of sulfonamides is 1. The first-order valence-electron chi connectivity index (χ1n) is 10.1. The van der Waals surface area contributed by atoms with Crippen LogP contribution in [0.5, 0.6) is 5.75 Å². The largest absolute Gasteiger partial charge is 0.495 e. The summed E-state index contributed by atoms with van der Waals surface area (Å²) < 4.78 is 38.5. The number of carbonyl (C=O) groups is 2. The number of rotatable bonds is 8. The highest BCUT2D eigenvalue weighted by Crippen LogP contribution is 2.29. The zero-order chi connectivity index (χ0) is 24.0. The lowest BCUT2D eigenvalue weighted by Crippen LogP contribution is -2.16. The molecule has 0 fully saturated rings. The molecule has 0 aliphatic carbocycles. The molecule has 0 atom stereocenters. The maximum Gasteiger partial charge on any atom is 0.338 e. The van der Waals surface area contributed by atoms with Gasteiger partial charge in [0.1, 0.15) is 5.75 Å². The maximum absolute atomic E-state index is 12.9. The van der Waals surface area contributed by atoms with E-state index in [1.54, 1.807) is 19.1 Å². The molecule has 3 aromatic carbocycles. The van der Waals surface area contributed by atoms with Gasteiger partial charge in [0.25, 0.3) is 15.9 Å². The molecule has 0 spiro atoms. The van der Waals surface area contributed by atoms with E-state index in [1.807, 2.05) is 19.1 Å². The van der Waals surface area contributed by atoms with Gasteiger partial charge in [-0.3, -0.25) is 9.52 Å². The van der Waals surface area contributed by atoms with Crippen molar-refractivity contribution in [3.63, 3.8) is 0 Å². The molecule has 0 saturated heterocycles. The van der Waals surface area contributed by atoms with Crippen LogP contribution in [0.1, 0.15) is 33.2 Å². The predicted octanol–water partition coefficient (Wildman–Crippen LogP) is 4.23. The molecule has 8 nitrogen and oxygen atoms in total. The summed E-state index contributed by atoms with van der Waals surface area (Å²) >= 11 is 0. The average molecular weight is 469 g/mol. The van der Waals surface area contributed by atoms with E-state index in [-0.39, 0.29) is 28.8 Å². The monoisotopic (exact) mass is 468 g/mol. The van der Waals surface area contributed by atoms with Gasteiger partial charge in [-0.25, -0.2) is 13.2 Å². The summed E-state index contributed by atoms with van der Waals surface area (Å²) in [5, 5.41) is 2.72. The summed E-state index contributed by atoms with van der Waals surface area (Å²) in [5.41, 5.74) is 2.04. The van der Waals surface area contributed by atoms with Crippen LogP contribution in [0.3, 0.4) is 0 Å². The third-order valence-electron chi connectivity index (χ3n) is 4.77. The Morgan fingerprint density at radius 2 is 1.67 bits per heavy atom. The van der Waals surface area contributed by atoms with Crippen LogP contribution >= 0.6 is 0 Å². The number of methoxy groups -OCH3 is 1. The van der Waals surface area contributed by atoms with Crippen molar-refractivity contribution < 1.29 is 27.5 Å². The number of ether oxygens (including phenoxy) is 2. The van der Waals surface area contributed by atoms with Crippen molar-refractivity contribution in [2.24, 2.45) is 0 Å². The third-order valence-corrected chi connectivity index (χ3v) is 6.15. The van der Waals surface area contributed by atoms with Crippen molar-refractivity contribution in [3.8, 4) is 5.75 Å². The molecule has 1 amide bonds. The topological polar surface area (TPSA) is 111 Å². The first-order chi connectivity index (χ1) is 15.7. The Morgan fingerprint density at radius 1 is 0.970 bits per heavy atom. The van der Waals surface area contributed by atoms with Crippen LogP contribution in [0, 0.1) is 6.92 Å². The molecule has 0 aromatic heterocycles. The molecule has 33 heavy (non-hydrogen) atoms. The summed E-state index contributed by atoms with van der Waals surface area (Å²) in [4.78, 5) is 24.4. The summed E-state index contributed by atoms with van der Waals surface area (Å²) in [6.45, 7) is 3.75. The van der Waals surface area contributed by atoms with Crippen LogP contribution in [0.25, 0.3) is 0 Å². The van der Waals surface area contributed by atoms with Crippen molar-refractivity contribution in [2.75, 3.05) is 23.8 Å². The molecule has 0 aliphatic rings. The van der Waals surface area contributed by atoms with Crippen LogP contribution in [-0.2, 0) is 14.8 Å². The van der Waals surface area contributed by atoms with Crippen LogP contribution in [0.15, 0.2) is 71.6 Å². The summed E-state index contributed by atoms with van der Waals surface area (Å²) in [7, 11) is -2.56. The van der Waals surface area contributed by atoms with Crippen LogP contribution in [-0.4, -0.2) is 34.0 Å². The fourth-order valence-electron chi connectivity index (χ4n) is 3.07. The highest BCUT2D eigenvalue weighted by Gasteiger charge is 2.19. The first kappa shape index (κ1) is 23.8. The van der Waals surface area contributed by atoms with E-state index in [4.69, 9.17) is 9.47 Å². The lowest BCUT2D eigenvalue weighted by molar-refractivity contribution is 0.0526. The molecule has 0 aliphatic heterocycles. The number of benzene rings is 3. The van der Waals surface area contributed by atoms with E-state index < -0.39 is 16.0 Å². The number of amides is 1. The Bertz CT molecular complexity index is 1270. The quantitative estimate of drug-likeness (QED) is 0.479. The number of anilines is 2. The lowest BCUT2D eigenvalue weighted by Gasteiger charge is -2.14. The molecule has 2 N–H and O–H groups in total. The molecule has 0 heterocycles. The molecular weight excluding hydrogens is 444 g/mol. The van der Waals surface area contributed by atoms with Crippen molar-refractivity contribution in [2.45, 2.75) is 18.7 Å². The van der Waals surface area contributed by atoms with Crippen molar-refractivity contribution in [1.29, 1.82) is 0 Å². The Morgan fingerprint density at radius 3 is 2.30 bits per heavy atom. The zero-order valence-electron chi connectivity index (χ0n) is 18.4. The molecular formula is C24H24N2O6S. The van der Waals surface area contributed by atoms with Gasteiger partial charge < -0.3 is 14.8 Å². The van der Waals surface area contributed by atoms with E-state index in [2.05, 4.69) is 10.0 Å². The van der Waals surface area contributed by atoms with Gasteiger partial charge in [-0.2, -0.15) is 0 Å². The van der Waals surface area contributed by atoms with E-state index in [9.17, 15) is 18.0 Å². The standard InChI is InChI=1S/C24H24N2O6S/c1-4-32-24(28)17-9-11-18(12-10-17)26-33(29,30)19-13-14-22(31-3)21(15-19)25-23(27)20-8-6-5-7-16(20)2/h5-15,26H,4H2,1-3H3,(H,25,27). The Hall–Kier alpha value is -3.85. The van der Waals surface area contributed by atoms with Gasteiger partial charge >= 0.3 is 5.97 Å². The second-order valence-corrected chi connectivity index (χ2v) is 8.72. The number of nitrogens with one attached hydrogen (secondary N) is 2. The fourth-order valence-corrected chi connectivity index (χ4v) is 4.16. The summed E-state index contributed by atoms with van der Waals surface area (Å²) in [6, 6.07) is 17.1. The molecule has 0 radical (unpaired) electrons. The molecule has 172 valence electrons. The SMILES string of the molecule is CCOC(=O)c1ccc(NS(=O)(=O)c2ccc(OC)c(NC(=O)c3ccccc3C)c2)cc1. The zero-order valence-corrected chi connectivity index (χ0v) is 19.2. The number of esters is 1. The Balaban J connectivity index is 1.84. The minimum atomic E-state index is -3.99.